The van der Waals surface area contributed by atoms with Crippen LogP contribution < -0.4 is 5.32 Å². The average molecular weight is 351 g/mol. The summed E-state index contributed by atoms with van der Waals surface area (Å²) in [6.07, 6.45) is 3.16. The van der Waals surface area contributed by atoms with Crippen LogP contribution in [0.1, 0.15) is 30.9 Å². The second-order valence-electron chi connectivity index (χ2n) is 6.73. The predicted octanol–water partition coefficient (Wildman–Crippen LogP) is 3.23. The lowest BCUT2D eigenvalue weighted by atomic mass is 9.89. The Morgan fingerprint density at radius 3 is 2.80 bits per heavy atom. The molecule has 1 aromatic carbocycles. The summed E-state index contributed by atoms with van der Waals surface area (Å²) in [7, 11) is 0. The van der Waals surface area contributed by atoms with Gasteiger partial charge in [-0.05, 0) is 30.5 Å². The molecule has 0 unspecified atom stereocenters. The summed E-state index contributed by atoms with van der Waals surface area (Å²) in [5, 5.41) is 2.83. The van der Waals surface area contributed by atoms with E-state index < -0.39 is 24.2 Å². The number of nitrogens with one attached hydrogen (secondary N) is 1. The van der Waals surface area contributed by atoms with Gasteiger partial charge in [0.1, 0.15) is 24.4 Å². The monoisotopic (exact) mass is 351 g/mol. The van der Waals surface area contributed by atoms with Crippen molar-refractivity contribution in [2.24, 2.45) is 4.99 Å². The Bertz CT molecular complexity index is 713. The van der Waals surface area contributed by atoms with Crippen LogP contribution in [0.2, 0.25) is 0 Å². The number of aliphatic imine (C=N–C) groups is 1. The molecule has 0 aliphatic carbocycles. The maximum absolute atomic E-state index is 14.7. The van der Waals surface area contributed by atoms with Crippen molar-refractivity contribution in [2.75, 3.05) is 19.9 Å². The molecular weight excluding hydrogens is 331 g/mol. The summed E-state index contributed by atoms with van der Waals surface area (Å²) >= 11 is 0. The summed E-state index contributed by atoms with van der Waals surface area (Å²) in [6.45, 7) is 1.83. The second-order valence-corrected chi connectivity index (χ2v) is 6.73. The molecule has 2 saturated heterocycles. The fraction of sp³-hybridized carbons (Fsp3) is 0.500. The van der Waals surface area contributed by atoms with Crippen molar-refractivity contribution in [2.45, 2.75) is 37.3 Å². The zero-order valence-electron chi connectivity index (χ0n) is 13.7. The van der Waals surface area contributed by atoms with E-state index in [1.807, 2.05) is 4.90 Å². The third kappa shape index (κ3) is 3.25. The van der Waals surface area contributed by atoms with Crippen molar-refractivity contribution in [1.29, 1.82) is 0 Å². The lowest BCUT2D eigenvalue weighted by Crippen LogP contribution is -2.50. The van der Waals surface area contributed by atoms with Crippen LogP contribution in [0.25, 0.3) is 0 Å². The Morgan fingerprint density at radius 2 is 2.04 bits per heavy atom. The Balaban J connectivity index is 1.56. The van der Waals surface area contributed by atoms with Gasteiger partial charge in [-0.25, -0.2) is 18.2 Å². The number of rotatable bonds is 2. The molecule has 25 heavy (non-hydrogen) atoms. The van der Waals surface area contributed by atoms with E-state index in [0.717, 1.165) is 18.9 Å². The van der Waals surface area contributed by atoms with Crippen molar-refractivity contribution in [3.8, 4) is 0 Å². The number of fused-ring (bicyclic) bond motifs is 1. The molecule has 4 rings (SSSR count). The molecule has 7 heteroatoms. The van der Waals surface area contributed by atoms with E-state index in [-0.39, 0.29) is 11.6 Å². The van der Waals surface area contributed by atoms with E-state index in [1.165, 1.54) is 18.2 Å². The van der Waals surface area contributed by atoms with Crippen LogP contribution >= 0.6 is 0 Å². The van der Waals surface area contributed by atoms with Gasteiger partial charge in [0.05, 0.1) is 0 Å². The number of hydrogen-bond acceptors (Lipinski definition) is 4. The Labute approximate surface area is 144 Å². The van der Waals surface area contributed by atoms with Gasteiger partial charge in [0.15, 0.2) is 0 Å². The highest BCUT2D eigenvalue weighted by molar-refractivity contribution is 6.00. The van der Waals surface area contributed by atoms with Gasteiger partial charge in [-0.2, -0.15) is 0 Å². The molecule has 2 fully saturated rings. The van der Waals surface area contributed by atoms with Gasteiger partial charge in [-0.15, -0.1) is 0 Å². The molecule has 3 aliphatic heterocycles. The first kappa shape index (κ1) is 16.4. The van der Waals surface area contributed by atoms with E-state index in [0.29, 0.717) is 31.3 Å². The fourth-order valence-electron chi connectivity index (χ4n) is 3.67. The minimum Gasteiger partial charge on any atom is -0.381 e. The molecule has 3 aliphatic rings. The smallest absolute Gasteiger partial charge is 0.276 e. The zero-order chi connectivity index (χ0) is 17.4. The lowest BCUT2D eigenvalue weighted by molar-refractivity contribution is -0.0373. The van der Waals surface area contributed by atoms with Crippen LogP contribution in [0.15, 0.2) is 41.0 Å². The largest absolute Gasteiger partial charge is 0.381 e. The fourth-order valence-corrected chi connectivity index (χ4v) is 3.67. The van der Waals surface area contributed by atoms with Crippen molar-refractivity contribution in [1.82, 2.24) is 10.2 Å². The summed E-state index contributed by atoms with van der Waals surface area (Å²) in [6, 6.07) is 4.37. The Morgan fingerprint density at radius 1 is 1.24 bits per heavy atom. The summed E-state index contributed by atoms with van der Waals surface area (Å²) in [5.74, 6) is -3.05. The molecule has 4 nitrogen and oxygen atoms in total. The first-order chi connectivity index (χ1) is 12.0. The maximum atomic E-state index is 14.7. The number of benzene rings is 1. The number of halogens is 3. The van der Waals surface area contributed by atoms with Crippen molar-refractivity contribution >= 4 is 5.84 Å². The summed E-state index contributed by atoms with van der Waals surface area (Å²) in [4.78, 5) is 6.50. The second kappa shape index (κ2) is 6.37. The molecule has 0 amide bonds. The number of ether oxygens (including phenoxy) is 1. The molecule has 1 aromatic rings. The van der Waals surface area contributed by atoms with Crippen molar-refractivity contribution < 1.29 is 17.9 Å². The topological polar surface area (TPSA) is 36.9 Å². The first-order valence-corrected chi connectivity index (χ1v) is 8.52. The number of amidine groups is 1. The van der Waals surface area contributed by atoms with E-state index in [1.54, 1.807) is 6.20 Å². The Hall–Kier alpha value is -2.02. The minimum atomic E-state index is -3.02. The average Bonchev–Trinajstić information content (AvgIpc) is 2.60. The zero-order valence-corrected chi connectivity index (χ0v) is 13.7. The lowest BCUT2D eigenvalue weighted by Gasteiger charge is -2.40. The van der Waals surface area contributed by atoms with Crippen LogP contribution in [-0.4, -0.2) is 42.6 Å². The SMILES string of the molecule is Fc1cccc([C@@H]2NC3=NCN(C4CCOCC4)C=C3CC2(F)F)c1. The number of hydrogen-bond donors (Lipinski definition) is 1. The van der Waals surface area contributed by atoms with Crippen LogP contribution in [0.4, 0.5) is 13.2 Å². The first-order valence-electron chi connectivity index (χ1n) is 8.52. The Kier molecular flexibility index (Phi) is 4.19. The quantitative estimate of drug-likeness (QED) is 0.889. The highest BCUT2D eigenvalue weighted by Gasteiger charge is 2.47. The molecular formula is C18H20F3N3O. The van der Waals surface area contributed by atoms with Crippen LogP contribution in [0, 0.1) is 5.82 Å². The molecule has 0 spiro atoms. The molecule has 0 radical (unpaired) electrons. The number of piperidine rings is 1. The molecule has 134 valence electrons. The highest BCUT2D eigenvalue weighted by atomic mass is 19.3. The van der Waals surface area contributed by atoms with Crippen LogP contribution in [0.5, 0.6) is 0 Å². The van der Waals surface area contributed by atoms with E-state index in [2.05, 4.69) is 10.3 Å². The van der Waals surface area contributed by atoms with Gasteiger partial charge < -0.3 is 15.0 Å². The third-order valence-corrected chi connectivity index (χ3v) is 4.99. The third-order valence-electron chi connectivity index (χ3n) is 4.99. The number of nitrogens with zero attached hydrogens (tertiary/aromatic N) is 2. The number of alkyl halides is 2. The normalized spacial score (nSPS) is 26.4. The van der Waals surface area contributed by atoms with E-state index in [4.69, 9.17) is 4.74 Å². The summed E-state index contributed by atoms with van der Waals surface area (Å²) < 4.78 is 48.2. The van der Waals surface area contributed by atoms with E-state index >= 15 is 0 Å². The van der Waals surface area contributed by atoms with Gasteiger partial charge in [-0.1, -0.05) is 12.1 Å². The van der Waals surface area contributed by atoms with Gasteiger partial charge in [0.25, 0.3) is 5.92 Å². The molecule has 0 saturated carbocycles. The van der Waals surface area contributed by atoms with Gasteiger partial charge in [0.2, 0.25) is 0 Å². The van der Waals surface area contributed by atoms with Gasteiger partial charge >= 0.3 is 0 Å². The predicted molar refractivity (Wildman–Crippen MR) is 87.9 cm³/mol. The molecule has 1 atom stereocenters. The van der Waals surface area contributed by atoms with Gasteiger partial charge in [-0.3, -0.25) is 0 Å². The molecule has 0 bridgehead atoms. The van der Waals surface area contributed by atoms with Crippen LogP contribution in [-0.2, 0) is 4.74 Å². The minimum absolute atomic E-state index is 0.235. The van der Waals surface area contributed by atoms with Crippen molar-refractivity contribution in [3.05, 3.63) is 47.4 Å². The van der Waals surface area contributed by atoms with Gasteiger partial charge in [0, 0.05) is 37.4 Å². The molecule has 3 heterocycles. The maximum Gasteiger partial charge on any atom is 0.276 e. The van der Waals surface area contributed by atoms with Crippen molar-refractivity contribution in [3.63, 3.8) is 0 Å². The summed E-state index contributed by atoms with van der Waals surface area (Å²) in [5.41, 5.74) is 0.744. The standard InChI is InChI=1S/C18H20F3N3O/c19-14-3-1-2-12(8-14)16-18(20,21)9-13-10-24(11-22-17(13)23-16)15-4-6-25-7-5-15/h1-3,8,10,15-16H,4-7,9,11H2,(H,22,23)/t16-/m0/s1. The van der Waals surface area contributed by atoms with E-state index in [9.17, 15) is 13.2 Å². The molecule has 1 N–H and O–H groups in total. The highest BCUT2D eigenvalue weighted by Crippen LogP contribution is 2.41. The van der Waals surface area contributed by atoms with Crippen LogP contribution in [0.3, 0.4) is 0 Å². The molecule has 0 aromatic heterocycles.